The normalized spacial score (nSPS) is 13.0. The maximum absolute atomic E-state index is 11.1. The fraction of sp³-hybridized carbons (Fsp3) is 0.333. The summed E-state index contributed by atoms with van der Waals surface area (Å²) in [4.78, 5) is 24.6. The third-order valence-electron chi connectivity index (χ3n) is 2.32. The molecular weight excluding hydrogens is 255 g/mol. The quantitative estimate of drug-likeness (QED) is 0.694. The van der Waals surface area contributed by atoms with E-state index in [1.165, 1.54) is 0 Å². The van der Waals surface area contributed by atoms with E-state index in [9.17, 15) is 9.59 Å². The molecule has 1 aliphatic heterocycles. The van der Waals surface area contributed by atoms with E-state index >= 15 is 0 Å². The fourth-order valence-electron chi connectivity index (χ4n) is 1.67. The van der Waals surface area contributed by atoms with Crippen LogP contribution in [-0.4, -0.2) is 22.6 Å². The SMILES string of the molecule is Cl.Cl.O=C(O)c1cc(=O)[nH]c2c1CNCC2. The lowest BCUT2D eigenvalue weighted by Gasteiger charge is -2.17. The number of nitrogens with one attached hydrogen (secondary N) is 2. The second-order valence-corrected chi connectivity index (χ2v) is 3.24. The van der Waals surface area contributed by atoms with Crippen LogP contribution in [0.2, 0.25) is 0 Å². The van der Waals surface area contributed by atoms with Crippen molar-refractivity contribution in [3.63, 3.8) is 0 Å². The number of H-pyrrole nitrogens is 1. The van der Waals surface area contributed by atoms with Crippen molar-refractivity contribution in [1.82, 2.24) is 10.3 Å². The van der Waals surface area contributed by atoms with Crippen molar-refractivity contribution in [2.24, 2.45) is 0 Å². The zero-order valence-electron chi connectivity index (χ0n) is 8.28. The lowest BCUT2D eigenvalue weighted by atomic mass is 10.0. The van der Waals surface area contributed by atoms with Crippen molar-refractivity contribution < 1.29 is 9.90 Å². The molecule has 0 radical (unpaired) electrons. The van der Waals surface area contributed by atoms with Crippen LogP contribution in [0.5, 0.6) is 0 Å². The second-order valence-electron chi connectivity index (χ2n) is 3.24. The maximum Gasteiger partial charge on any atom is 0.336 e. The summed E-state index contributed by atoms with van der Waals surface area (Å²) in [6.07, 6.45) is 0.672. The minimum absolute atomic E-state index is 0. The second kappa shape index (κ2) is 5.89. The van der Waals surface area contributed by atoms with Gasteiger partial charge in [0.15, 0.2) is 0 Å². The third kappa shape index (κ3) is 2.75. The van der Waals surface area contributed by atoms with Gasteiger partial charge in [0.1, 0.15) is 0 Å². The molecular formula is C9H12Cl2N2O3. The van der Waals surface area contributed by atoms with Crippen molar-refractivity contribution in [1.29, 1.82) is 0 Å². The van der Waals surface area contributed by atoms with Gasteiger partial charge in [0.05, 0.1) is 5.56 Å². The van der Waals surface area contributed by atoms with E-state index in [1.54, 1.807) is 0 Å². The summed E-state index contributed by atoms with van der Waals surface area (Å²) in [5.41, 5.74) is 1.20. The smallest absolute Gasteiger partial charge is 0.336 e. The Balaban J connectivity index is 0.00000112. The van der Waals surface area contributed by atoms with Gasteiger partial charge in [-0.1, -0.05) is 0 Å². The van der Waals surface area contributed by atoms with Crippen LogP contribution in [0, 0.1) is 0 Å². The van der Waals surface area contributed by atoms with Gasteiger partial charge in [-0.3, -0.25) is 4.79 Å². The Labute approximate surface area is 104 Å². The molecule has 0 unspecified atom stereocenters. The molecule has 0 spiro atoms. The molecule has 1 aromatic heterocycles. The third-order valence-corrected chi connectivity index (χ3v) is 2.32. The van der Waals surface area contributed by atoms with Gasteiger partial charge in [-0.2, -0.15) is 0 Å². The first-order chi connectivity index (χ1) is 6.68. The summed E-state index contributed by atoms with van der Waals surface area (Å²) in [7, 11) is 0. The number of carboxylic acids is 1. The predicted molar refractivity (Wildman–Crippen MR) is 63.9 cm³/mol. The molecule has 0 fully saturated rings. The number of rotatable bonds is 1. The molecule has 0 aliphatic carbocycles. The van der Waals surface area contributed by atoms with Crippen LogP contribution < -0.4 is 10.9 Å². The lowest BCUT2D eigenvalue weighted by Crippen LogP contribution is -2.29. The minimum atomic E-state index is -1.05. The summed E-state index contributed by atoms with van der Waals surface area (Å²) in [6.45, 7) is 1.28. The van der Waals surface area contributed by atoms with Gasteiger partial charge in [-0.25, -0.2) is 4.79 Å². The monoisotopic (exact) mass is 266 g/mol. The molecule has 0 amide bonds. The number of fused-ring (bicyclic) bond motifs is 1. The van der Waals surface area contributed by atoms with E-state index in [1.807, 2.05) is 0 Å². The highest BCUT2D eigenvalue weighted by atomic mass is 35.5. The average molecular weight is 267 g/mol. The molecule has 16 heavy (non-hydrogen) atoms. The predicted octanol–water partition coefficient (Wildman–Crippen LogP) is 0.562. The van der Waals surface area contributed by atoms with E-state index in [2.05, 4.69) is 10.3 Å². The van der Waals surface area contributed by atoms with Crippen molar-refractivity contribution >= 4 is 30.8 Å². The molecule has 7 heteroatoms. The van der Waals surface area contributed by atoms with Gasteiger partial charge in [0, 0.05) is 36.8 Å². The summed E-state index contributed by atoms with van der Waals surface area (Å²) in [6, 6.07) is 1.13. The summed E-state index contributed by atoms with van der Waals surface area (Å²) in [5.74, 6) is -1.05. The Kier molecular flexibility index (Phi) is 5.50. The molecule has 1 aliphatic rings. The van der Waals surface area contributed by atoms with Crippen LogP contribution in [0.1, 0.15) is 21.6 Å². The first-order valence-electron chi connectivity index (χ1n) is 4.37. The Bertz CT molecular complexity index is 445. The van der Waals surface area contributed by atoms with E-state index in [-0.39, 0.29) is 35.9 Å². The first kappa shape index (κ1) is 15.0. The Morgan fingerprint density at radius 1 is 1.38 bits per heavy atom. The molecule has 0 aromatic carbocycles. The largest absolute Gasteiger partial charge is 0.478 e. The van der Waals surface area contributed by atoms with Crippen LogP contribution in [-0.2, 0) is 13.0 Å². The topological polar surface area (TPSA) is 82.2 Å². The minimum Gasteiger partial charge on any atom is -0.478 e. The highest BCUT2D eigenvalue weighted by Gasteiger charge is 2.18. The van der Waals surface area contributed by atoms with Crippen molar-refractivity contribution in [2.75, 3.05) is 6.54 Å². The van der Waals surface area contributed by atoms with E-state index in [0.717, 1.165) is 18.3 Å². The Hall–Kier alpha value is -1.04. The molecule has 2 heterocycles. The van der Waals surface area contributed by atoms with Crippen LogP contribution in [0.25, 0.3) is 0 Å². The number of aromatic nitrogens is 1. The van der Waals surface area contributed by atoms with Crippen molar-refractivity contribution in [2.45, 2.75) is 13.0 Å². The highest BCUT2D eigenvalue weighted by Crippen LogP contribution is 2.14. The van der Waals surface area contributed by atoms with E-state index in [4.69, 9.17) is 5.11 Å². The molecule has 1 aromatic rings. The van der Waals surface area contributed by atoms with Crippen LogP contribution in [0.4, 0.5) is 0 Å². The van der Waals surface area contributed by atoms with Gasteiger partial charge in [0.25, 0.3) is 0 Å². The first-order valence-corrected chi connectivity index (χ1v) is 4.37. The molecule has 0 atom stereocenters. The number of hydrogen-bond acceptors (Lipinski definition) is 3. The summed E-state index contributed by atoms with van der Waals surface area (Å²) < 4.78 is 0. The van der Waals surface area contributed by atoms with Gasteiger partial charge < -0.3 is 15.4 Å². The van der Waals surface area contributed by atoms with Crippen LogP contribution in [0.15, 0.2) is 10.9 Å². The fourth-order valence-corrected chi connectivity index (χ4v) is 1.67. The van der Waals surface area contributed by atoms with Gasteiger partial charge in [-0.05, 0) is 0 Å². The van der Waals surface area contributed by atoms with Crippen LogP contribution in [0.3, 0.4) is 0 Å². The lowest BCUT2D eigenvalue weighted by molar-refractivity contribution is 0.0695. The number of aromatic amines is 1. The Morgan fingerprint density at radius 2 is 2.06 bits per heavy atom. The van der Waals surface area contributed by atoms with Gasteiger partial charge in [0.2, 0.25) is 5.56 Å². The number of aromatic carboxylic acids is 1. The summed E-state index contributed by atoms with van der Waals surface area (Å²) >= 11 is 0. The molecule has 0 saturated heterocycles. The Morgan fingerprint density at radius 3 is 2.69 bits per heavy atom. The summed E-state index contributed by atoms with van der Waals surface area (Å²) in [5, 5.41) is 12.0. The number of pyridine rings is 1. The van der Waals surface area contributed by atoms with E-state index in [0.29, 0.717) is 18.5 Å². The van der Waals surface area contributed by atoms with E-state index < -0.39 is 5.97 Å². The van der Waals surface area contributed by atoms with Crippen molar-refractivity contribution in [3.05, 3.63) is 33.2 Å². The zero-order chi connectivity index (χ0) is 10.1. The van der Waals surface area contributed by atoms with Crippen LogP contribution >= 0.6 is 24.8 Å². The number of carboxylic acid groups (broad SMARTS) is 1. The van der Waals surface area contributed by atoms with Gasteiger partial charge >= 0.3 is 5.97 Å². The molecule has 3 N–H and O–H groups in total. The van der Waals surface area contributed by atoms with Crippen molar-refractivity contribution in [3.8, 4) is 0 Å². The zero-order valence-corrected chi connectivity index (χ0v) is 9.91. The molecule has 5 nitrogen and oxygen atoms in total. The van der Waals surface area contributed by atoms with Gasteiger partial charge in [-0.15, -0.1) is 24.8 Å². The molecule has 0 saturated carbocycles. The average Bonchev–Trinajstić information content (AvgIpc) is 2.16. The molecule has 90 valence electrons. The standard InChI is InChI=1S/C9H10N2O3.2ClH/c12-8-3-5(9(13)14)6-4-10-2-1-7(6)11-8;;/h3,10H,1-2,4H2,(H,11,12)(H,13,14);2*1H. The maximum atomic E-state index is 11.1. The molecule has 2 rings (SSSR count). The number of halogens is 2. The number of carbonyl (C=O) groups is 1. The molecule has 0 bridgehead atoms. The highest BCUT2D eigenvalue weighted by molar-refractivity contribution is 5.89. The number of hydrogen-bond donors (Lipinski definition) is 3.